The minimum absolute atomic E-state index is 0.307. The van der Waals surface area contributed by atoms with Crippen molar-refractivity contribution in [3.05, 3.63) is 53.3 Å². The van der Waals surface area contributed by atoms with Gasteiger partial charge >= 0.3 is 0 Å². The van der Waals surface area contributed by atoms with Crippen LogP contribution < -0.4 is 14.2 Å². The van der Waals surface area contributed by atoms with Crippen LogP contribution in [0.3, 0.4) is 0 Å². The molecule has 1 atom stereocenters. The van der Waals surface area contributed by atoms with Crippen molar-refractivity contribution in [2.75, 3.05) is 21.3 Å². The molecule has 0 aromatic heterocycles. The molecule has 0 saturated carbocycles. The van der Waals surface area contributed by atoms with Crippen molar-refractivity contribution < 1.29 is 18.6 Å². The van der Waals surface area contributed by atoms with Crippen LogP contribution >= 0.6 is 0 Å². The summed E-state index contributed by atoms with van der Waals surface area (Å²) in [6, 6.07) is 11.8. The second-order valence-electron chi connectivity index (χ2n) is 4.95. The highest BCUT2D eigenvalue weighted by Gasteiger charge is 2.19. The SMILES string of the molecule is COc1ccc(OC)c(C(C#N)Cc2cc(F)ccc2OC)c1. The zero-order valence-electron chi connectivity index (χ0n) is 13.3. The number of ether oxygens (including phenoxy) is 3. The Bertz CT molecular complexity index is 725. The molecule has 0 N–H and O–H groups in total. The summed E-state index contributed by atoms with van der Waals surface area (Å²) in [5.41, 5.74) is 1.32. The number of halogens is 1. The van der Waals surface area contributed by atoms with E-state index in [9.17, 15) is 9.65 Å². The van der Waals surface area contributed by atoms with Crippen molar-refractivity contribution in [2.45, 2.75) is 12.3 Å². The van der Waals surface area contributed by atoms with Gasteiger partial charge in [0.25, 0.3) is 0 Å². The summed E-state index contributed by atoms with van der Waals surface area (Å²) in [4.78, 5) is 0. The van der Waals surface area contributed by atoms with Crippen LogP contribution in [0.1, 0.15) is 17.0 Å². The van der Waals surface area contributed by atoms with E-state index in [4.69, 9.17) is 14.2 Å². The highest BCUT2D eigenvalue weighted by atomic mass is 19.1. The van der Waals surface area contributed by atoms with E-state index in [1.54, 1.807) is 38.5 Å². The van der Waals surface area contributed by atoms with E-state index >= 15 is 0 Å². The van der Waals surface area contributed by atoms with Gasteiger partial charge in [-0.05, 0) is 48.4 Å². The Labute approximate surface area is 135 Å². The molecule has 5 heteroatoms. The third-order valence-corrected chi connectivity index (χ3v) is 3.63. The Balaban J connectivity index is 2.42. The molecule has 4 nitrogen and oxygen atoms in total. The summed E-state index contributed by atoms with van der Waals surface area (Å²) in [5, 5.41) is 9.58. The van der Waals surface area contributed by atoms with Crippen LogP contribution in [0.5, 0.6) is 17.2 Å². The lowest BCUT2D eigenvalue weighted by Gasteiger charge is -2.16. The molecule has 2 aromatic carbocycles. The minimum atomic E-state index is -0.518. The molecular weight excluding hydrogens is 297 g/mol. The predicted octanol–water partition coefficient (Wildman–Crippen LogP) is 3.70. The zero-order valence-corrected chi connectivity index (χ0v) is 13.3. The first kappa shape index (κ1) is 16.6. The largest absolute Gasteiger partial charge is 0.497 e. The van der Waals surface area contributed by atoms with Gasteiger partial charge in [0.15, 0.2) is 0 Å². The smallest absolute Gasteiger partial charge is 0.123 e. The summed E-state index contributed by atoms with van der Waals surface area (Å²) in [6.45, 7) is 0. The highest BCUT2D eigenvalue weighted by Crippen LogP contribution is 2.34. The molecule has 0 aliphatic carbocycles. The fourth-order valence-corrected chi connectivity index (χ4v) is 2.46. The third-order valence-electron chi connectivity index (χ3n) is 3.63. The predicted molar refractivity (Wildman–Crippen MR) is 84.6 cm³/mol. The van der Waals surface area contributed by atoms with Crippen LogP contribution in [-0.4, -0.2) is 21.3 Å². The average molecular weight is 315 g/mol. The summed E-state index contributed by atoms with van der Waals surface area (Å²) in [6.07, 6.45) is 0.307. The van der Waals surface area contributed by atoms with Gasteiger partial charge < -0.3 is 14.2 Å². The molecular formula is C18H18FNO3. The quantitative estimate of drug-likeness (QED) is 0.815. The van der Waals surface area contributed by atoms with Crippen molar-refractivity contribution >= 4 is 0 Å². The molecule has 0 spiro atoms. The Kier molecular flexibility index (Phi) is 5.42. The Morgan fingerprint density at radius 3 is 2.30 bits per heavy atom. The first-order valence-electron chi connectivity index (χ1n) is 7.06. The lowest BCUT2D eigenvalue weighted by Crippen LogP contribution is -2.05. The molecule has 0 aliphatic heterocycles. The standard InChI is InChI=1S/C18H18FNO3/c1-21-15-5-7-18(23-3)16(10-15)13(11-20)8-12-9-14(19)4-6-17(12)22-2/h4-7,9-10,13H,8H2,1-3H3. The molecule has 1 unspecified atom stereocenters. The van der Waals surface area contributed by atoms with E-state index < -0.39 is 5.92 Å². The van der Waals surface area contributed by atoms with Crippen molar-refractivity contribution in [3.63, 3.8) is 0 Å². The van der Waals surface area contributed by atoms with E-state index in [-0.39, 0.29) is 5.82 Å². The van der Waals surface area contributed by atoms with Crippen molar-refractivity contribution in [2.24, 2.45) is 0 Å². The van der Waals surface area contributed by atoms with E-state index in [0.29, 0.717) is 34.8 Å². The summed E-state index contributed by atoms with van der Waals surface area (Å²) in [5.74, 6) is 0.888. The molecule has 0 bridgehead atoms. The summed E-state index contributed by atoms with van der Waals surface area (Å²) < 4.78 is 29.3. The van der Waals surface area contributed by atoms with E-state index in [2.05, 4.69) is 6.07 Å². The molecule has 2 aromatic rings. The number of rotatable bonds is 6. The Morgan fingerprint density at radius 1 is 1.00 bits per heavy atom. The fourth-order valence-electron chi connectivity index (χ4n) is 2.46. The zero-order chi connectivity index (χ0) is 16.8. The molecule has 0 amide bonds. The number of methoxy groups -OCH3 is 3. The van der Waals surface area contributed by atoms with E-state index in [1.165, 1.54) is 19.2 Å². The minimum Gasteiger partial charge on any atom is -0.497 e. The first-order chi connectivity index (χ1) is 11.1. The Hall–Kier alpha value is -2.74. The van der Waals surface area contributed by atoms with Crippen LogP contribution in [0.25, 0.3) is 0 Å². The molecule has 0 aliphatic rings. The van der Waals surface area contributed by atoms with Gasteiger partial charge in [0.1, 0.15) is 23.1 Å². The summed E-state index contributed by atoms with van der Waals surface area (Å²) in [7, 11) is 4.62. The highest BCUT2D eigenvalue weighted by molar-refractivity contribution is 5.46. The number of nitriles is 1. The maximum atomic E-state index is 13.5. The van der Waals surface area contributed by atoms with E-state index in [1.807, 2.05) is 0 Å². The van der Waals surface area contributed by atoms with Crippen molar-refractivity contribution in [1.29, 1.82) is 5.26 Å². The van der Waals surface area contributed by atoms with Crippen LogP contribution in [-0.2, 0) is 6.42 Å². The van der Waals surface area contributed by atoms with Crippen LogP contribution in [0.2, 0.25) is 0 Å². The lowest BCUT2D eigenvalue weighted by atomic mass is 9.92. The maximum absolute atomic E-state index is 13.5. The lowest BCUT2D eigenvalue weighted by molar-refractivity contribution is 0.396. The summed E-state index contributed by atoms with van der Waals surface area (Å²) >= 11 is 0. The molecule has 120 valence electrons. The number of nitrogens with zero attached hydrogens (tertiary/aromatic N) is 1. The van der Waals surface area contributed by atoms with Crippen LogP contribution in [0.4, 0.5) is 4.39 Å². The first-order valence-corrected chi connectivity index (χ1v) is 7.06. The van der Waals surface area contributed by atoms with Gasteiger partial charge in [-0.15, -0.1) is 0 Å². The van der Waals surface area contributed by atoms with Crippen molar-refractivity contribution in [1.82, 2.24) is 0 Å². The second-order valence-corrected chi connectivity index (χ2v) is 4.95. The number of hydrogen-bond acceptors (Lipinski definition) is 4. The molecule has 23 heavy (non-hydrogen) atoms. The monoisotopic (exact) mass is 315 g/mol. The number of hydrogen-bond donors (Lipinski definition) is 0. The maximum Gasteiger partial charge on any atom is 0.123 e. The van der Waals surface area contributed by atoms with Gasteiger partial charge in [-0.2, -0.15) is 5.26 Å². The molecule has 0 heterocycles. The van der Waals surface area contributed by atoms with Gasteiger partial charge in [-0.3, -0.25) is 0 Å². The molecule has 0 radical (unpaired) electrons. The van der Waals surface area contributed by atoms with Gasteiger partial charge in [-0.25, -0.2) is 4.39 Å². The average Bonchev–Trinajstić information content (AvgIpc) is 2.59. The van der Waals surface area contributed by atoms with Gasteiger partial charge in [-0.1, -0.05) is 0 Å². The fraction of sp³-hybridized carbons (Fsp3) is 0.278. The van der Waals surface area contributed by atoms with Gasteiger partial charge in [0.05, 0.1) is 33.3 Å². The van der Waals surface area contributed by atoms with Gasteiger partial charge in [0, 0.05) is 5.56 Å². The number of benzene rings is 2. The third kappa shape index (κ3) is 3.72. The molecule has 0 saturated heterocycles. The molecule has 0 fully saturated rings. The van der Waals surface area contributed by atoms with E-state index in [0.717, 1.165) is 0 Å². The van der Waals surface area contributed by atoms with Crippen LogP contribution in [0, 0.1) is 17.1 Å². The normalized spacial score (nSPS) is 11.4. The van der Waals surface area contributed by atoms with Crippen LogP contribution in [0.15, 0.2) is 36.4 Å². The molecule has 2 rings (SSSR count). The topological polar surface area (TPSA) is 51.5 Å². The van der Waals surface area contributed by atoms with Gasteiger partial charge in [0.2, 0.25) is 0 Å². The Morgan fingerprint density at radius 2 is 1.70 bits per heavy atom. The van der Waals surface area contributed by atoms with Crippen molar-refractivity contribution in [3.8, 4) is 23.3 Å². The second kappa shape index (κ2) is 7.50.